The van der Waals surface area contributed by atoms with Gasteiger partial charge in [0.25, 0.3) is 0 Å². The van der Waals surface area contributed by atoms with Crippen molar-refractivity contribution >= 4 is 10.9 Å². The molecule has 0 spiro atoms. The first-order chi connectivity index (χ1) is 8.79. The standard InChI is InChI=1S/C15H19NO2/c1-18-10-4-6-14(17)11-13-9-8-12-5-2-3-7-15(12)16-13/h2-3,5,7-9,14,17H,4,6,10-11H2,1H3. The molecule has 1 aromatic heterocycles. The summed E-state index contributed by atoms with van der Waals surface area (Å²) in [5.74, 6) is 0. The Morgan fingerprint density at radius 3 is 2.89 bits per heavy atom. The van der Waals surface area contributed by atoms with Crippen molar-refractivity contribution in [3.05, 3.63) is 42.1 Å². The topological polar surface area (TPSA) is 42.4 Å². The van der Waals surface area contributed by atoms with E-state index in [1.165, 1.54) is 0 Å². The molecular formula is C15H19NO2. The number of nitrogens with zero attached hydrogens (tertiary/aromatic N) is 1. The summed E-state index contributed by atoms with van der Waals surface area (Å²) in [6.45, 7) is 0.697. The molecule has 1 atom stereocenters. The Bertz CT molecular complexity index is 499. The van der Waals surface area contributed by atoms with Gasteiger partial charge in [0.1, 0.15) is 0 Å². The Labute approximate surface area is 107 Å². The maximum absolute atomic E-state index is 9.91. The zero-order valence-electron chi connectivity index (χ0n) is 10.7. The van der Waals surface area contributed by atoms with Crippen LogP contribution in [-0.4, -0.2) is 29.9 Å². The van der Waals surface area contributed by atoms with Gasteiger partial charge in [-0.1, -0.05) is 24.3 Å². The van der Waals surface area contributed by atoms with Crippen LogP contribution in [0.2, 0.25) is 0 Å². The lowest BCUT2D eigenvalue weighted by Gasteiger charge is -2.10. The highest BCUT2D eigenvalue weighted by Gasteiger charge is 2.07. The first kappa shape index (κ1) is 13.0. The van der Waals surface area contributed by atoms with Crippen LogP contribution in [0.25, 0.3) is 10.9 Å². The van der Waals surface area contributed by atoms with Crippen molar-refractivity contribution in [3.8, 4) is 0 Å². The molecule has 3 nitrogen and oxygen atoms in total. The third-order valence-corrected chi connectivity index (χ3v) is 2.99. The summed E-state index contributed by atoms with van der Waals surface area (Å²) in [6, 6.07) is 12.1. The number of benzene rings is 1. The van der Waals surface area contributed by atoms with Crippen LogP contribution in [0, 0.1) is 0 Å². The lowest BCUT2D eigenvalue weighted by atomic mass is 10.1. The maximum atomic E-state index is 9.91. The van der Waals surface area contributed by atoms with E-state index in [0.29, 0.717) is 13.0 Å². The molecule has 2 rings (SSSR count). The summed E-state index contributed by atoms with van der Waals surface area (Å²) >= 11 is 0. The highest BCUT2D eigenvalue weighted by molar-refractivity contribution is 5.78. The van der Waals surface area contributed by atoms with Crippen LogP contribution < -0.4 is 0 Å². The van der Waals surface area contributed by atoms with Crippen LogP contribution in [0.1, 0.15) is 18.5 Å². The Balaban J connectivity index is 1.98. The van der Waals surface area contributed by atoms with Crippen molar-refractivity contribution in [1.29, 1.82) is 0 Å². The largest absolute Gasteiger partial charge is 0.393 e. The van der Waals surface area contributed by atoms with Crippen LogP contribution in [0.3, 0.4) is 0 Å². The fraction of sp³-hybridized carbons (Fsp3) is 0.400. The lowest BCUT2D eigenvalue weighted by Crippen LogP contribution is -2.12. The first-order valence-electron chi connectivity index (χ1n) is 6.31. The second-order valence-corrected chi connectivity index (χ2v) is 4.49. The van der Waals surface area contributed by atoms with Crippen molar-refractivity contribution < 1.29 is 9.84 Å². The molecule has 1 N–H and O–H groups in total. The van der Waals surface area contributed by atoms with Gasteiger partial charge >= 0.3 is 0 Å². The monoisotopic (exact) mass is 245 g/mol. The molecule has 0 radical (unpaired) electrons. The number of rotatable bonds is 6. The van der Waals surface area contributed by atoms with Gasteiger partial charge in [0.05, 0.1) is 11.6 Å². The molecule has 96 valence electrons. The third kappa shape index (κ3) is 3.52. The number of aliphatic hydroxyl groups is 1. The SMILES string of the molecule is COCCCC(O)Cc1ccc2ccccc2n1. The molecule has 1 unspecified atom stereocenters. The van der Waals surface area contributed by atoms with Crippen LogP contribution in [0.5, 0.6) is 0 Å². The maximum Gasteiger partial charge on any atom is 0.0705 e. The summed E-state index contributed by atoms with van der Waals surface area (Å²) < 4.78 is 4.97. The van der Waals surface area contributed by atoms with Gasteiger partial charge in [0.15, 0.2) is 0 Å². The molecule has 2 aromatic rings. The average molecular weight is 245 g/mol. The van der Waals surface area contributed by atoms with Gasteiger partial charge in [0.2, 0.25) is 0 Å². The number of fused-ring (bicyclic) bond motifs is 1. The highest BCUT2D eigenvalue weighted by atomic mass is 16.5. The van der Waals surface area contributed by atoms with Crippen LogP contribution in [0.15, 0.2) is 36.4 Å². The van der Waals surface area contributed by atoms with Gasteiger partial charge < -0.3 is 9.84 Å². The molecule has 0 fully saturated rings. The summed E-state index contributed by atoms with van der Waals surface area (Å²) in [5.41, 5.74) is 1.93. The molecule has 1 heterocycles. The number of pyridine rings is 1. The first-order valence-corrected chi connectivity index (χ1v) is 6.31. The lowest BCUT2D eigenvalue weighted by molar-refractivity contribution is 0.134. The Hall–Kier alpha value is -1.45. The van der Waals surface area contributed by atoms with Gasteiger partial charge in [-0.2, -0.15) is 0 Å². The number of ether oxygens (including phenoxy) is 1. The average Bonchev–Trinajstić information content (AvgIpc) is 2.39. The number of hydrogen-bond acceptors (Lipinski definition) is 3. The van der Waals surface area contributed by atoms with Crippen molar-refractivity contribution in [1.82, 2.24) is 4.98 Å². The number of aliphatic hydroxyl groups excluding tert-OH is 1. The van der Waals surface area contributed by atoms with Gasteiger partial charge in [-0.15, -0.1) is 0 Å². The van der Waals surface area contributed by atoms with E-state index in [9.17, 15) is 5.11 Å². The normalized spacial score (nSPS) is 12.8. The third-order valence-electron chi connectivity index (χ3n) is 2.99. The predicted octanol–water partition coefficient (Wildman–Crippen LogP) is 2.56. The Morgan fingerprint density at radius 2 is 2.06 bits per heavy atom. The molecule has 0 amide bonds. The zero-order valence-corrected chi connectivity index (χ0v) is 10.7. The van der Waals surface area contributed by atoms with E-state index in [2.05, 4.69) is 11.1 Å². The predicted molar refractivity (Wildman–Crippen MR) is 72.6 cm³/mol. The van der Waals surface area contributed by atoms with E-state index in [4.69, 9.17) is 4.74 Å². The van der Waals surface area contributed by atoms with Crippen molar-refractivity contribution in [2.24, 2.45) is 0 Å². The van der Waals surface area contributed by atoms with E-state index in [0.717, 1.165) is 29.4 Å². The highest BCUT2D eigenvalue weighted by Crippen LogP contribution is 2.13. The van der Waals surface area contributed by atoms with E-state index in [1.54, 1.807) is 7.11 Å². The quantitative estimate of drug-likeness (QED) is 0.795. The summed E-state index contributed by atoms with van der Waals surface area (Å²) in [7, 11) is 1.68. The van der Waals surface area contributed by atoms with E-state index in [-0.39, 0.29) is 6.10 Å². The Morgan fingerprint density at radius 1 is 1.22 bits per heavy atom. The minimum absolute atomic E-state index is 0.339. The van der Waals surface area contributed by atoms with E-state index in [1.807, 2.05) is 30.3 Å². The van der Waals surface area contributed by atoms with Crippen molar-refractivity contribution in [3.63, 3.8) is 0 Å². The minimum atomic E-state index is -0.339. The molecule has 0 aliphatic rings. The number of methoxy groups -OCH3 is 1. The van der Waals surface area contributed by atoms with Gasteiger partial charge in [-0.3, -0.25) is 4.98 Å². The molecule has 0 aliphatic heterocycles. The van der Waals surface area contributed by atoms with Gasteiger partial charge in [-0.05, 0) is 25.0 Å². The zero-order chi connectivity index (χ0) is 12.8. The molecule has 0 saturated heterocycles. The van der Waals surface area contributed by atoms with Crippen LogP contribution in [0.4, 0.5) is 0 Å². The molecular weight excluding hydrogens is 226 g/mol. The number of hydrogen-bond donors (Lipinski definition) is 1. The number of aromatic nitrogens is 1. The molecule has 1 aromatic carbocycles. The van der Waals surface area contributed by atoms with Crippen LogP contribution >= 0.6 is 0 Å². The summed E-state index contributed by atoms with van der Waals surface area (Å²) in [5, 5.41) is 11.0. The molecule has 0 bridgehead atoms. The molecule has 0 aliphatic carbocycles. The minimum Gasteiger partial charge on any atom is -0.393 e. The second kappa shape index (κ2) is 6.47. The molecule has 3 heteroatoms. The molecule has 0 saturated carbocycles. The fourth-order valence-electron chi connectivity index (χ4n) is 2.03. The molecule has 18 heavy (non-hydrogen) atoms. The summed E-state index contributed by atoms with van der Waals surface area (Å²) in [4.78, 5) is 4.55. The van der Waals surface area contributed by atoms with Gasteiger partial charge in [-0.25, -0.2) is 0 Å². The van der Waals surface area contributed by atoms with Crippen LogP contribution in [-0.2, 0) is 11.2 Å². The van der Waals surface area contributed by atoms with E-state index < -0.39 is 0 Å². The van der Waals surface area contributed by atoms with Crippen molar-refractivity contribution in [2.45, 2.75) is 25.4 Å². The fourth-order valence-corrected chi connectivity index (χ4v) is 2.03. The Kier molecular flexibility index (Phi) is 4.67. The smallest absolute Gasteiger partial charge is 0.0705 e. The summed E-state index contributed by atoms with van der Waals surface area (Å²) in [6.07, 6.45) is 1.90. The second-order valence-electron chi connectivity index (χ2n) is 4.49. The van der Waals surface area contributed by atoms with E-state index >= 15 is 0 Å². The van der Waals surface area contributed by atoms with Gasteiger partial charge in [0, 0.05) is 31.2 Å². The van der Waals surface area contributed by atoms with Crippen molar-refractivity contribution in [2.75, 3.05) is 13.7 Å². The number of para-hydroxylation sites is 1.